The molecule has 1 amide bonds. The van der Waals surface area contributed by atoms with Gasteiger partial charge in [-0.2, -0.15) is 13.2 Å². The molecule has 1 fully saturated rings. The Kier molecular flexibility index (Phi) is 7.12. The molecule has 3 N–H and O–H groups in total. The highest BCUT2D eigenvalue weighted by Gasteiger charge is 2.34. The second-order valence-electron chi connectivity index (χ2n) is 9.21. The molecular formula is C25H27F3N4O3S. The molecule has 0 bridgehead atoms. The Bertz CT molecular complexity index is 1390. The third kappa shape index (κ3) is 6.45. The molecule has 1 heterocycles. The van der Waals surface area contributed by atoms with Gasteiger partial charge in [0.15, 0.2) is 0 Å². The van der Waals surface area contributed by atoms with E-state index in [0.29, 0.717) is 23.1 Å². The van der Waals surface area contributed by atoms with Crippen LogP contribution in [0.15, 0.2) is 48.5 Å². The highest BCUT2D eigenvalue weighted by Crippen LogP contribution is 2.34. The van der Waals surface area contributed by atoms with Gasteiger partial charge in [0.2, 0.25) is 10.0 Å². The maximum Gasteiger partial charge on any atom is 0.433 e. The van der Waals surface area contributed by atoms with Crippen LogP contribution in [0, 0.1) is 6.92 Å². The lowest BCUT2D eigenvalue weighted by Gasteiger charge is -2.31. The molecule has 0 aliphatic heterocycles. The van der Waals surface area contributed by atoms with E-state index in [-0.39, 0.29) is 29.2 Å². The molecule has 1 aliphatic rings. The van der Waals surface area contributed by atoms with Crippen LogP contribution in [0.5, 0.6) is 0 Å². The second kappa shape index (κ2) is 9.96. The quantitative estimate of drug-likeness (QED) is 0.421. The van der Waals surface area contributed by atoms with Crippen LogP contribution in [0.4, 0.5) is 24.5 Å². The van der Waals surface area contributed by atoms with Crippen molar-refractivity contribution in [2.45, 2.75) is 50.9 Å². The predicted molar refractivity (Wildman–Crippen MR) is 134 cm³/mol. The van der Waals surface area contributed by atoms with Crippen molar-refractivity contribution >= 4 is 38.2 Å². The van der Waals surface area contributed by atoms with Crippen LogP contribution in [0.2, 0.25) is 0 Å². The zero-order valence-electron chi connectivity index (χ0n) is 19.8. The second-order valence-corrected chi connectivity index (χ2v) is 11.0. The van der Waals surface area contributed by atoms with Gasteiger partial charge in [-0.15, -0.1) is 0 Å². The van der Waals surface area contributed by atoms with E-state index in [1.165, 1.54) is 6.07 Å². The van der Waals surface area contributed by atoms with Gasteiger partial charge in [0.1, 0.15) is 5.69 Å². The summed E-state index contributed by atoms with van der Waals surface area (Å²) >= 11 is 0. The summed E-state index contributed by atoms with van der Waals surface area (Å²) in [5.74, 6) is -0.345. The van der Waals surface area contributed by atoms with Crippen LogP contribution in [0.3, 0.4) is 0 Å². The molecule has 11 heteroatoms. The van der Waals surface area contributed by atoms with Gasteiger partial charge in [-0.25, -0.2) is 13.4 Å². The number of alkyl halides is 3. The fourth-order valence-corrected chi connectivity index (χ4v) is 5.04. The Balaban J connectivity index is 1.50. The number of sulfonamides is 1. The Hall–Kier alpha value is -3.34. The fraction of sp³-hybridized carbons (Fsp3) is 0.360. The minimum Gasteiger partial charge on any atom is -0.382 e. The highest BCUT2D eigenvalue weighted by atomic mass is 32.2. The van der Waals surface area contributed by atoms with E-state index in [4.69, 9.17) is 0 Å². The molecule has 0 radical (unpaired) electrons. The van der Waals surface area contributed by atoms with Crippen LogP contribution in [-0.2, 0) is 16.2 Å². The molecule has 2 atom stereocenters. The highest BCUT2D eigenvalue weighted by molar-refractivity contribution is 7.92. The van der Waals surface area contributed by atoms with Gasteiger partial charge in [-0.3, -0.25) is 9.52 Å². The normalized spacial score (nSPS) is 18.6. The molecule has 4 rings (SSSR count). The molecular weight excluding hydrogens is 493 g/mol. The van der Waals surface area contributed by atoms with Gasteiger partial charge in [0, 0.05) is 34.4 Å². The molecule has 192 valence electrons. The van der Waals surface area contributed by atoms with Gasteiger partial charge in [-0.05, 0) is 69.0 Å². The molecule has 2 aromatic carbocycles. The number of carbonyl (C=O) groups excluding carboxylic acids is 1. The van der Waals surface area contributed by atoms with Crippen molar-refractivity contribution in [3.05, 3.63) is 65.4 Å². The standard InChI is InChI=1S/C25H27F3N4O3S/c1-15-9-10-21-20(11-15)22(14-23(31-21)25(26,27)28)29-17-6-4-7-18(13-17)30-24(33)16-5-3-8-19(12-16)32-36(2,34)35/h3,5,8-12,14,17-18,32H,4,6-7,13H2,1-2H3,(H,29,31)(H,30,33)/t17-,18+/m0/s1. The van der Waals surface area contributed by atoms with Gasteiger partial charge in [0.25, 0.3) is 5.91 Å². The summed E-state index contributed by atoms with van der Waals surface area (Å²) < 4.78 is 65.7. The summed E-state index contributed by atoms with van der Waals surface area (Å²) in [5.41, 5.74) is 1.18. The Morgan fingerprint density at radius 1 is 1.06 bits per heavy atom. The first-order valence-electron chi connectivity index (χ1n) is 11.5. The number of hydrogen-bond acceptors (Lipinski definition) is 5. The topological polar surface area (TPSA) is 100 Å². The van der Waals surface area contributed by atoms with E-state index in [2.05, 4.69) is 20.3 Å². The summed E-state index contributed by atoms with van der Waals surface area (Å²) in [4.78, 5) is 16.6. The molecule has 0 spiro atoms. The van der Waals surface area contributed by atoms with E-state index in [1.54, 1.807) is 30.3 Å². The summed E-state index contributed by atoms with van der Waals surface area (Å²) in [5, 5.41) is 6.86. The lowest BCUT2D eigenvalue weighted by molar-refractivity contribution is -0.140. The lowest BCUT2D eigenvalue weighted by atomic mass is 9.90. The molecule has 7 nitrogen and oxygen atoms in total. The van der Waals surface area contributed by atoms with Crippen molar-refractivity contribution in [2.24, 2.45) is 0 Å². The number of nitrogens with zero attached hydrogens (tertiary/aromatic N) is 1. The summed E-state index contributed by atoms with van der Waals surface area (Å²) in [6, 6.07) is 12.0. The first-order chi connectivity index (χ1) is 16.9. The number of aromatic nitrogens is 1. The minimum atomic E-state index is -4.57. The van der Waals surface area contributed by atoms with E-state index >= 15 is 0 Å². The summed E-state index contributed by atoms with van der Waals surface area (Å²) in [6.07, 6.45) is -0.748. The van der Waals surface area contributed by atoms with Gasteiger partial charge in [-0.1, -0.05) is 17.7 Å². The molecule has 1 saturated carbocycles. The number of aryl methyl sites for hydroxylation is 1. The van der Waals surface area contributed by atoms with Crippen LogP contribution in [-0.4, -0.2) is 37.6 Å². The number of pyridine rings is 1. The van der Waals surface area contributed by atoms with Crippen molar-refractivity contribution < 1.29 is 26.4 Å². The maximum absolute atomic E-state index is 13.5. The van der Waals surface area contributed by atoms with Crippen molar-refractivity contribution in [1.29, 1.82) is 0 Å². The Morgan fingerprint density at radius 2 is 1.81 bits per heavy atom. The molecule has 0 saturated heterocycles. The van der Waals surface area contributed by atoms with Gasteiger partial charge < -0.3 is 10.6 Å². The maximum atomic E-state index is 13.5. The number of anilines is 2. The SMILES string of the molecule is Cc1ccc2nc(C(F)(F)F)cc(N[C@H]3CCC[C@@H](NC(=O)c4cccc(NS(C)(=O)=O)c4)C3)c2c1. The number of nitrogens with one attached hydrogen (secondary N) is 3. The van der Waals surface area contributed by atoms with Crippen LogP contribution in [0.1, 0.15) is 47.3 Å². The molecule has 1 aromatic heterocycles. The predicted octanol–water partition coefficient (Wildman–Crippen LogP) is 5.09. The van der Waals surface area contributed by atoms with E-state index in [1.807, 2.05) is 13.0 Å². The molecule has 3 aromatic rings. The van der Waals surface area contributed by atoms with Crippen molar-refractivity contribution in [3.63, 3.8) is 0 Å². The van der Waals surface area contributed by atoms with Crippen molar-refractivity contribution in [3.8, 4) is 0 Å². The van der Waals surface area contributed by atoms with Crippen molar-refractivity contribution in [2.75, 3.05) is 16.3 Å². The van der Waals surface area contributed by atoms with Crippen molar-refractivity contribution in [1.82, 2.24) is 10.3 Å². The number of amides is 1. The number of rotatable bonds is 6. The largest absolute Gasteiger partial charge is 0.433 e. The van der Waals surface area contributed by atoms with Crippen LogP contribution < -0.4 is 15.4 Å². The van der Waals surface area contributed by atoms with E-state index in [9.17, 15) is 26.4 Å². The molecule has 36 heavy (non-hydrogen) atoms. The van der Waals surface area contributed by atoms with E-state index in [0.717, 1.165) is 37.1 Å². The number of benzene rings is 2. The minimum absolute atomic E-state index is 0.144. The monoisotopic (exact) mass is 520 g/mol. The zero-order chi connectivity index (χ0) is 26.1. The first-order valence-corrected chi connectivity index (χ1v) is 13.4. The smallest absolute Gasteiger partial charge is 0.382 e. The molecule has 0 unspecified atom stereocenters. The zero-order valence-corrected chi connectivity index (χ0v) is 20.6. The lowest BCUT2D eigenvalue weighted by Crippen LogP contribution is -2.41. The van der Waals surface area contributed by atoms with Crippen LogP contribution in [0.25, 0.3) is 10.9 Å². The van der Waals surface area contributed by atoms with Crippen LogP contribution >= 0.6 is 0 Å². The average molecular weight is 521 g/mol. The number of halogens is 3. The Morgan fingerprint density at radius 3 is 2.53 bits per heavy atom. The number of carbonyl (C=O) groups is 1. The third-order valence-corrected chi connectivity index (χ3v) is 6.66. The summed E-state index contributed by atoms with van der Waals surface area (Å²) in [6.45, 7) is 1.87. The first kappa shape index (κ1) is 25.7. The van der Waals surface area contributed by atoms with Gasteiger partial charge in [0.05, 0.1) is 11.8 Å². The third-order valence-electron chi connectivity index (χ3n) is 6.05. The fourth-order valence-electron chi connectivity index (χ4n) is 4.48. The average Bonchev–Trinajstić information content (AvgIpc) is 2.78. The van der Waals surface area contributed by atoms with E-state index < -0.39 is 21.9 Å². The molecule has 1 aliphatic carbocycles. The Labute approximate surface area is 207 Å². The number of fused-ring (bicyclic) bond motifs is 1. The summed E-state index contributed by atoms with van der Waals surface area (Å²) in [7, 11) is -3.48. The number of hydrogen-bond donors (Lipinski definition) is 3. The van der Waals surface area contributed by atoms with Gasteiger partial charge >= 0.3 is 6.18 Å².